The molecule has 0 radical (unpaired) electrons. The van der Waals surface area contributed by atoms with Crippen LogP contribution in [0.1, 0.15) is 33.1 Å². The van der Waals surface area contributed by atoms with Gasteiger partial charge in [-0.1, -0.05) is 11.8 Å². The van der Waals surface area contributed by atoms with E-state index in [9.17, 15) is 4.79 Å². The van der Waals surface area contributed by atoms with E-state index in [1.807, 2.05) is 13.0 Å². The minimum atomic E-state index is -0.221. The molecule has 0 fully saturated rings. The first kappa shape index (κ1) is 14.8. The molecule has 2 rings (SSSR count). The molecular formula is C16H16N2O3. The first-order valence-electron chi connectivity index (χ1n) is 6.49. The quantitative estimate of drug-likeness (QED) is 0.839. The van der Waals surface area contributed by atoms with Gasteiger partial charge >= 0.3 is 0 Å². The number of hydrogen-bond donors (Lipinski definition) is 2. The molecule has 108 valence electrons. The number of carbonyl (C=O) groups is 1. The fraction of sp³-hybridized carbons (Fsp3) is 0.250. The molecule has 0 spiro atoms. The number of aliphatic hydroxyl groups excluding tert-OH is 1. The summed E-state index contributed by atoms with van der Waals surface area (Å²) in [6, 6.07) is 5.32. The van der Waals surface area contributed by atoms with Crippen LogP contribution in [0.3, 0.4) is 0 Å². The van der Waals surface area contributed by atoms with Crippen LogP contribution in [0.4, 0.5) is 0 Å². The van der Waals surface area contributed by atoms with Crippen LogP contribution < -0.4 is 5.32 Å². The highest BCUT2D eigenvalue weighted by molar-refractivity contribution is 5.94. The lowest BCUT2D eigenvalue weighted by Gasteiger charge is -2.05. The van der Waals surface area contributed by atoms with Crippen molar-refractivity contribution in [2.45, 2.75) is 20.4 Å². The Morgan fingerprint density at radius 3 is 2.86 bits per heavy atom. The van der Waals surface area contributed by atoms with Crippen molar-refractivity contribution in [2.24, 2.45) is 0 Å². The second-order valence-corrected chi connectivity index (χ2v) is 4.59. The number of aromatic nitrogens is 1. The zero-order valence-electron chi connectivity index (χ0n) is 11.9. The maximum absolute atomic E-state index is 12.1. The van der Waals surface area contributed by atoms with Crippen molar-refractivity contribution in [1.29, 1.82) is 0 Å². The molecule has 2 aromatic rings. The molecule has 2 N–H and O–H groups in total. The lowest BCUT2D eigenvalue weighted by molar-refractivity contribution is 0.0947. The van der Waals surface area contributed by atoms with Crippen molar-refractivity contribution in [3.05, 3.63) is 52.7 Å². The monoisotopic (exact) mass is 284 g/mol. The Morgan fingerprint density at radius 1 is 1.38 bits per heavy atom. The summed E-state index contributed by atoms with van der Waals surface area (Å²) < 4.78 is 5.29. The molecule has 0 unspecified atom stereocenters. The summed E-state index contributed by atoms with van der Waals surface area (Å²) in [7, 11) is 0. The molecule has 5 nitrogen and oxygen atoms in total. The van der Waals surface area contributed by atoms with Gasteiger partial charge in [0.1, 0.15) is 12.4 Å². The fourth-order valence-electron chi connectivity index (χ4n) is 1.87. The van der Waals surface area contributed by atoms with Crippen molar-refractivity contribution in [3.63, 3.8) is 0 Å². The molecule has 0 bridgehead atoms. The predicted molar refractivity (Wildman–Crippen MR) is 77.6 cm³/mol. The molecule has 0 saturated carbocycles. The Hall–Kier alpha value is -2.58. The number of oxazole rings is 1. The van der Waals surface area contributed by atoms with Crippen LogP contribution in [0, 0.1) is 25.7 Å². The number of nitrogens with zero attached hydrogens (tertiary/aromatic N) is 1. The Morgan fingerprint density at radius 2 is 2.19 bits per heavy atom. The smallest absolute Gasteiger partial charge is 0.251 e. The predicted octanol–water partition coefficient (Wildman–Crippen LogP) is 1.57. The van der Waals surface area contributed by atoms with E-state index < -0.39 is 0 Å². The highest BCUT2D eigenvalue weighted by Gasteiger charge is 2.09. The molecule has 5 heteroatoms. The molecule has 0 aliphatic heterocycles. The number of carbonyl (C=O) groups excluding carboxylic acids is 1. The van der Waals surface area contributed by atoms with E-state index in [2.05, 4.69) is 22.1 Å². The first-order chi connectivity index (χ1) is 10.1. The highest BCUT2D eigenvalue weighted by Crippen LogP contribution is 2.09. The molecule has 1 amide bonds. The van der Waals surface area contributed by atoms with Crippen molar-refractivity contribution < 1.29 is 14.3 Å². The van der Waals surface area contributed by atoms with E-state index in [4.69, 9.17) is 9.52 Å². The van der Waals surface area contributed by atoms with Gasteiger partial charge < -0.3 is 14.8 Å². The Bertz CT molecular complexity index is 708. The van der Waals surface area contributed by atoms with Crippen LogP contribution >= 0.6 is 0 Å². The van der Waals surface area contributed by atoms with Crippen LogP contribution in [0.2, 0.25) is 0 Å². The van der Waals surface area contributed by atoms with E-state index in [1.165, 1.54) is 0 Å². The van der Waals surface area contributed by atoms with Crippen LogP contribution in [-0.2, 0) is 6.54 Å². The first-order valence-corrected chi connectivity index (χ1v) is 6.49. The van der Waals surface area contributed by atoms with Gasteiger partial charge in [0.2, 0.25) is 5.89 Å². The van der Waals surface area contributed by atoms with E-state index in [0.29, 0.717) is 22.8 Å². The number of benzene rings is 1. The van der Waals surface area contributed by atoms with Crippen LogP contribution in [0.25, 0.3) is 0 Å². The molecule has 21 heavy (non-hydrogen) atoms. The number of aryl methyl sites for hydroxylation is 2. The SMILES string of the molecule is Cc1cc(C#CCO)cc(C(=O)NCc2ncc(C)o2)c1. The van der Waals surface area contributed by atoms with Crippen molar-refractivity contribution >= 4 is 5.91 Å². The zero-order valence-corrected chi connectivity index (χ0v) is 11.9. The number of nitrogens with one attached hydrogen (secondary N) is 1. The minimum absolute atomic E-state index is 0.209. The second kappa shape index (κ2) is 6.73. The highest BCUT2D eigenvalue weighted by atomic mass is 16.4. The summed E-state index contributed by atoms with van der Waals surface area (Å²) in [5.74, 6) is 6.31. The molecule has 0 atom stereocenters. The lowest BCUT2D eigenvalue weighted by Crippen LogP contribution is -2.23. The van der Waals surface area contributed by atoms with Gasteiger partial charge in [0.25, 0.3) is 5.91 Å². The van der Waals surface area contributed by atoms with E-state index in [-0.39, 0.29) is 19.1 Å². The normalized spacial score (nSPS) is 9.86. The van der Waals surface area contributed by atoms with Gasteiger partial charge in [0.05, 0.1) is 12.7 Å². The number of amides is 1. The maximum Gasteiger partial charge on any atom is 0.251 e. The van der Waals surface area contributed by atoms with Crippen LogP contribution in [0.15, 0.2) is 28.8 Å². The molecule has 0 aliphatic carbocycles. The summed E-state index contributed by atoms with van der Waals surface area (Å²) in [6.45, 7) is 3.71. The van der Waals surface area contributed by atoms with E-state index in [1.54, 1.807) is 25.3 Å². The topological polar surface area (TPSA) is 75.4 Å². The van der Waals surface area contributed by atoms with E-state index >= 15 is 0 Å². The number of aliphatic hydroxyl groups is 1. The minimum Gasteiger partial charge on any atom is -0.444 e. The lowest BCUT2D eigenvalue weighted by atomic mass is 10.1. The number of hydrogen-bond acceptors (Lipinski definition) is 4. The fourth-order valence-corrected chi connectivity index (χ4v) is 1.87. The maximum atomic E-state index is 12.1. The van der Waals surface area contributed by atoms with Crippen LogP contribution in [0.5, 0.6) is 0 Å². The van der Waals surface area contributed by atoms with Gasteiger partial charge in [-0.05, 0) is 37.6 Å². The average molecular weight is 284 g/mol. The summed E-state index contributed by atoms with van der Waals surface area (Å²) in [6.07, 6.45) is 1.61. The largest absolute Gasteiger partial charge is 0.444 e. The average Bonchev–Trinajstić information content (AvgIpc) is 2.87. The molecule has 0 aliphatic rings. The summed E-state index contributed by atoms with van der Waals surface area (Å²) >= 11 is 0. The van der Waals surface area contributed by atoms with Crippen LogP contribution in [-0.4, -0.2) is 22.6 Å². The van der Waals surface area contributed by atoms with Crippen molar-refractivity contribution in [3.8, 4) is 11.8 Å². The van der Waals surface area contributed by atoms with Gasteiger partial charge in [0.15, 0.2) is 0 Å². The molecule has 1 aromatic heterocycles. The van der Waals surface area contributed by atoms with Crippen molar-refractivity contribution in [2.75, 3.05) is 6.61 Å². The third kappa shape index (κ3) is 4.20. The third-order valence-electron chi connectivity index (χ3n) is 2.72. The second-order valence-electron chi connectivity index (χ2n) is 4.59. The molecular weight excluding hydrogens is 268 g/mol. The van der Waals surface area contributed by atoms with Crippen molar-refractivity contribution in [1.82, 2.24) is 10.3 Å². The third-order valence-corrected chi connectivity index (χ3v) is 2.72. The Labute approximate surface area is 123 Å². The van der Waals surface area contributed by atoms with Gasteiger partial charge in [-0.15, -0.1) is 0 Å². The Kier molecular flexibility index (Phi) is 4.75. The van der Waals surface area contributed by atoms with E-state index in [0.717, 1.165) is 5.56 Å². The zero-order chi connectivity index (χ0) is 15.2. The molecule has 1 heterocycles. The summed E-state index contributed by atoms with van der Waals surface area (Å²) in [4.78, 5) is 16.2. The molecule has 1 aromatic carbocycles. The van der Waals surface area contributed by atoms with Gasteiger partial charge in [-0.2, -0.15) is 0 Å². The number of rotatable bonds is 3. The standard InChI is InChI=1S/C16H16N2O3/c1-11-6-13(4-3-5-19)8-14(7-11)16(20)18-10-15-17-9-12(2)21-15/h6-9,19H,5,10H2,1-2H3,(H,18,20). The Balaban J connectivity index is 2.09. The summed E-state index contributed by atoms with van der Waals surface area (Å²) in [5.41, 5.74) is 2.14. The molecule has 0 saturated heterocycles. The van der Waals surface area contributed by atoms with Gasteiger partial charge in [0, 0.05) is 11.1 Å². The van der Waals surface area contributed by atoms with Gasteiger partial charge in [-0.25, -0.2) is 4.98 Å². The summed E-state index contributed by atoms with van der Waals surface area (Å²) in [5, 5.41) is 11.5. The van der Waals surface area contributed by atoms with Gasteiger partial charge in [-0.3, -0.25) is 4.79 Å².